The molecule has 0 heterocycles. The molecule has 0 aromatic rings. The van der Waals surface area contributed by atoms with Crippen LogP contribution in [-0.4, -0.2) is 11.5 Å². The number of halogens is 1. The van der Waals surface area contributed by atoms with Gasteiger partial charge in [0, 0.05) is 0 Å². The molecule has 0 atom stereocenters. The molecule has 0 spiro atoms. The first-order valence-electron chi connectivity index (χ1n) is 2.30. The van der Waals surface area contributed by atoms with Gasteiger partial charge in [0.15, 0.2) is 6.26 Å². The molecule has 5 heteroatoms. The van der Waals surface area contributed by atoms with Gasteiger partial charge >= 0.3 is 5.16 Å². The van der Waals surface area contributed by atoms with Crippen LogP contribution in [0, 0.1) is 10.1 Å². The van der Waals surface area contributed by atoms with E-state index in [1.807, 2.05) is 0 Å². The largest absolute Gasteiger partial charge is 0.493 e. The monoisotopic (exact) mass is 151 g/mol. The van der Waals surface area contributed by atoms with Crippen molar-refractivity contribution in [2.24, 2.45) is 0 Å². The Labute approximate surface area is 57.2 Å². The van der Waals surface area contributed by atoms with E-state index in [0.29, 0.717) is 6.61 Å². The van der Waals surface area contributed by atoms with Crippen molar-refractivity contribution in [3.63, 3.8) is 0 Å². The molecule has 0 saturated heterocycles. The molecule has 0 fully saturated rings. The van der Waals surface area contributed by atoms with E-state index >= 15 is 0 Å². The molecular weight excluding hydrogens is 146 g/mol. The van der Waals surface area contributed by atoms with Gasteiger partial charge < -0.3 is 4.74 Å². The summed E-state index contributed by atoms with van der Waals surface area (Å²) in [5.41, 5.74) is 0. The maximum atomic E-state index is 9.73. The quantitative estimate of drug-likeness (QED) is 0.265. The summed E-state index contributed by atoms with van der Waals surface area (Å²) in [6.45, 7) is 2.09. The van der Waals surface area contributed by atoms with Crippen molar-refractivity contribution >= 4 is 11.6 Å². The third kappa shape index (κ3) is 3.78. The van der Waals surface area contributed by atoms with Gasteiger partial charge in [-0.2, -0.15) is 0 Å². The molecule has 0 aromatic carbocycles. The van der Waals surface area contributed by atoms with Crippen LogP contribution in [0.25, 0.3) is 0 Å². The Morgan fingerprint density at radius 2 is 2.56 bits per heavy atom. The Kier molecular flexibility index (Phi) is 3.79. The van der Waals surface area contributed by atoms with Crippen molar-refractivity contribution in [2.45, 2.75) is 6.92 Å². The molecule has 0 amide bonds. The van der Waals surface area contributed by atoms with Gasteiger partial charge in [0.05, 0.1) is 11.5 Å². The lowest BCUT2D eigenvalue weighted by molar-refractivity contribution is -0.413. The van der Waals surface area contributed by atoms with Gasteiger partial charge in [-0.3, -0.25) is 10.1 Å². The first-order valence-corrected chi connectivity index (χ1v) is 2.68. The fourth-order valence-corrected chi connectivity index (χ4v) is 0.258. The second kappa shape index (κ2) is 4.14. The van der Waals surface area contributed by atoms with Crippen molar-refractivity contribution in [3.05, 3.63) is 21.5 Å². The molecule has 0 bridgehead atoms. The number of nitro groups is 1. The maximum Gasteiger partial charge on any atom is 0.371 e. The van der Waals surface area contributed by atoms with E-state index in [0.717, 1.165) is 6.26 Å². The number of ether oxygens (including phenoxy) is 1. The van der Waals surface area contributed by atoms with Crippen molar-refractivity contribution in [3.8, 4) is 0 Å². The minimum atomic E-state index is -0.725. The molecule has 0 saturated carbocycles. The zero-order valence-electron chi connectivity index (χ0n) is 4.83. The SMILES string of the molecule is CCOC=C(Cl)[N+](=O)[O-]. The van der Waals surface area contributed by atoms with Crippen LogP contribution in [0.5, 0.6) is 0 Å². The molecule has 9 heavy (non-hydrogen) atoms. The predicted octanol–water partition coefficient (Wildman–Crippen LogP) is 1.34. The third-order valence-corrected chi connectivity index (χ3v) is 0.749. The molecule has 0 aliphatic carbocycles. The summed E-state index contributed by atoms with van der Waals surface area (Å²) >= 11 is 5.03. The van der Waals surface area contributed by atoms with E-state index in [2.05, 4.69) is 4.74 Å². The summed E-state index contributed by atoms with van der Waals surface area (Å²) in [5.74, 6) is 0. The van der Waals surface area contributed by atoms with Crippen LogP contribution in [-0.2, 0) is 4.74 Å². The summed E-state index contributed by atoms with van der Waals surface area (Å²) in [5, 5.41) is 9.23. The first kappa shape index (κ1) is 8.23. The van der Waals surface area contributed by atoms with Crippen LogP contribution in [0.2, 0.25) is 0 Å². The Bertz CT molecular complexity index is 134. The van der Waals surface area contributed by atoms with E-state index in [9.17, 15) is 10.1 Å². The summed E-state index contributed by atoms with van der Waals surface area (Å²) in [7, 11) is 0. The highest BCUT2D eigenvalue weighted by Crippen LogP contribution is 2.00. The molecule has 52 valence electrons. The number of nitrogens with zero attached hydrogens (tertiary/aromatic N) is 1. The van der Waals surface area contributed by atoms with Crippen molar-refractivity contribution in [2.75, 3.05) is 6.61 Å². The third-order valence-electron chi connectivity index (χ3n) is 0.522. The molecule has 0 N–H and O–H groups in total. The van der Waals surface area contributed by atoms with Crippen LogP contribution < -0.4 is 0 Å². The summed E-state index contributed by atoms with van der Waals surface area (Å²) in [6.07, 6.45) is 0.904. The average molecular weight is 152 g/mol. The zero-order chi connectivity index (χ0) is 7.28. The highest BCUT2D eigenvalue weighted by molar-refractivity contribution is 6.27. The second-order valence-corrected chi connectivity index (χ2v) is 1.54. The van der Waals surface area contributed by atoms with Crippen molar-refractivity contribution < 1.29 is 9.66 Å². The fourth-order valence-electron chi connectivity index (χ4n) is 0.195. The number of rotatable bonds is 3. The molecule has 0 rings (SSSR count). The second-order valence-electron chi connectivity index (χ2n) is 1.15. The fraction of sp³-hybridized carbons (Fsp3) is 0.500. The Morgan fingerprint density at radius 1 is 2.00 bits per heavy atom. The van der Waals surface area contributed by atoms with Crippen molar-refractivity contribution in [1.29, 1.82) is 0 Å². The highest BCUT2D eigenvalue weighted by atomic mass is 35.5. The van der Waals surface area contributed by atoms with Gasteiger partial charge in [-0.15, -0.1) is 0 Å². The molecule has 4 nitrogen and oxygen atoms in total. The molecule has 0 aliphatic rings. The van der Waals surface area contributed by atoms with Crippen molar-refractivity contribution in [1.82, 2.24) is 0 Å². The Hall–Kier alpha value is -0.770. The summed E-state index contributed by atoms with van der Waals surface area (Å²) in [6, 6.07) is 0. The summed E-state index contributed by atoms with van der Waals surface area (Å²) < 4.78 is 4.52. The average Bonchev–Trinajstić information content (AvgIpc) is 1.82. The van der Waals surface area contributed by atoms with E-state index in [-0.39, 0.29) is 0 Å². The van der Waals surface area contributed by atoms with Crippen LogP contribution >= 0.6 is 11.6 Å². The van der Waals surface area contributed by atoms with Gasteiger partial charge in [0.25, 0.3) is 0 Å². The lowest BCUT2D eigenvalue weighted by Gasteiger charge is -1.89. The van der Waals surface area contributed by atoms with Crippen LogP contribution in [0.3, 0.4) is 0 Å². The van der Waals surface area contributed by atoms with Crippen LogP contribution in [0.1, 0.15) is 6.92 Å². The maximum absolute atomic E-state index is 9.73. The molecular formula is C4H6ClNO3. The normalized spacial score (nSPS) is 11.1. The number of hydrogen-bond donors (Lipinski definition) is 0. The standard InChI is InChI=1S/C4H6ClNO3/c1-2-9-3-4(5)6(7)8/h3H,2H2,1H3. The van der Waals surface area contributed by atoms with Gasteiger partial charge in [0.1, 0.15) is 0 Å². The Morgan fingerprint density at radius 3 is 2.89 bits per heavy atom. The lowest BCUT2D eigenvalue weighted by atomic mass is 10.8. The van der Waals surface area contributed by atoms with Gasteiger partial charge in [-0.05, 0) is 18.5 Å². The van der Waals surface area contributed by atoms with Crippen LogP contribution in [0.15, 0.2) is 11.4 Å². The molecule has 0 radical (unpaired) electrons. The van der Waals surface area contributed by atoms with E-state index in [1.54, 1.807) is 6.92 Å². The molecule has 0 aromatic heterocycles. The van der Waals surface area contributed by atoms with Gasteiger partial charge in [-0.1, -0.05) is 0 Å². The predicted molar refractivity (Wildman–Crippen MR) is 32.6 cm³/mol. The van der Waals surface area contributed by atoms with E-state index in [1.165, 1.54) is 0 Å². The number of hydrogen-bond acceptors (Lipinski definition) is 3. The lowest BCUT2D eigenvalue weighted by Crippen LogP contribution is -1.92. The zero-order valence-corrected chi connectivity index (χ0v) is 5.59. The molecule has 0 aliphatic heterocycles. The smallest absolute Gasteiger partial charge is 0.371 e. The van der Waals surface area contributed by atoms with Crippen LogP contribution in [0.4, 0.5) is 0 Å². The minimum absolute atomic E-state index is 0.379. The minimum Gasteiger partial charge on any atom is -0.493 e. The topological polar surface area (TPSA) is 52.4 Å². The summed E-state index contributed by atoms with van der Waals surface area (Å²) in [4.78, 5) is 9.01. The Balaban J connectivity index is 3.69. The highest BCUT2D eigenvalue weighted by Gasteiger charge is 2.03. The first-order chi connectivity index (χ1) is 4.18. The van der Waals surface area contributed by atoms with Gasteiger partial charge in [-0.25, -0.2) is 0 Å². The molecule has 0 unspecified atom stereocenters. The van der Waals surface area contributed by atoms with Gasteiger partial charge in [0.2, 0.25) is 0 Å². The van der Waals surface area contributed by atoms with E-state index in [4.69, 9.17) is 11.6 Å². The van der Waals surface area contributed by atoms with E-state index < -0.39 is 10.1 Å².